The van der Waals surface area contributed by atoms with E-state index in [1.165, 1.54) is 0 Å². The normalized spacial score (nSPS) is 21.2. The van der Waals surface area contributed by atoms with Crippen LogP contribution in [0.25, 0.3) is 0 Å². The minimum Gasteiger partial charge on any atom is -0.490 e. The van der Waals surface area contributed by atoms with Crippen LogP contribution in [0.3, 0.4) is 0 Å². The number of rotatable bonds is 7. The smallest absolute Gasteiger partial charge is 0.163 e. The molecule has 0 aliphatic heterocycles. The Morgan fingerprint density at radius 3 is 2.71 bits per heavy atom. The zero-order valence-corrected chi connectivity index (χ0v) is 12.9. The first-order valence-corrected chi connectivity index (χ1v) is 7.64. The quantitative estimate of drug-likeness (QED) is 0.434. The summed E-state index contributed by atoms with van der Waals surface area (Å²) in [5.74, 6) is 1.96. The van der Waals surface area contributed by atoms with Gasteiger partial charge in [0.15, 0.2) is 5.78 Å². The van der Waals surface area contributed by atoms with E-state index >= 15 is 0 Å². The van der Waals surface area contributed by atoms with Gasteiger partial charge in [-0.1, -0.05) is 31.2 Å². The van der Waals surface area contributed by atoms with Gasteiger partial charge in [-0.05, 0) is 43.7 Å². The predicted octanol–water partition coefficient (Wildman–Crippen LogP) is 3.89. The summed E-state index contributed by atoms with van der Waals surface area (Å²) in [7, 11) is 0. The van der Waals surface area contributed by atoms with Crippen molar-refractivity contribution in [3.63, 3.8) is 0 Å². The minimum atomic E-state index is 0.0225. The van der Waals surface area contributed by atoms with Crippen LogP contribution in [-0.4, -0.2) is 25.6 Å². The maximum absolute atomic E-state index is 11.5. The fourth-order valence-electron chi connectivity index (χ4n) is 2.57. The van der Waals surface area contributed by atoms with Gasteiger partial charge in [0, 0.05) is 0 Å². The molecular formula is C18H24O3. The highest BCUT2D eigenvalue weighted by molar-refractivity contribution is 5.96. The number of carbonyl (C=O) groups excluding carboxylic acids is 1. The van der Waals surface area contributed by atoms with Crippen LogP contribution in [0, 0.1) is 11.8 Å². The number of ketones is 1. The molecule has 0 radical (unpaired) electrons. The monoisotopic (exact) mass is 288 g/mol. The summed E-state index contributed by atoms with van der Waals surface area (Å²) in [5.41, 5.74) is 0.628. The molecule has 0 saturated carbocycles. The first-order valence-electron chi connectivity index (χ1n) is 7.64. The van der Waals surface area contributed by atoms with Gasteiger partial charge in [-0.15, -0.1) is 0 Å². The highest BCUT2D eigenvalue weighted by Gasteiger charge is 2.18. The molecular weight excluding hydrogens is 264 g/mol. The second kappa shape index (κ2) is 7.99. The lowest BCUT2D eigenvalue weighted by atomic mass is 9.85. The van der Waals surface area contributed by atoms with Crippen molar-refractivity contribution in [2.75, 3.05) is 19.8 Å². The van der Waals surface area contributed by atoms with E-state index in [-0.39, 0.29) is 5.78 Å². The third kappa shape index (κ3) is 4.71. The molecule has 0 aromatic heterocycles. The third-order valence-electron chi connectivity index (χ3n) is 4.00. The van der Waals surface area contributed by atoms with Crippen LogP contribution in [0.15, 0.2) is 36.4 Å². The molecule has 0 N–H and O–H groups in total. The van der Waals surface area contributed by atoms with Gasteiger partial charge in [0.1, 0.15) is 12.4 Å². The Morgan fingerprint density at radius 2 is 1.95 bits per heavy atom. The van der Waals surface area contributed by atoms with Gasteiger partial charge in [-0.25, -0.2) is 0 Å². The molecule has 2 atom stereocenters. The van der Waals surface area contributed by atoms with Crippen molar-refractivity contribution in [2.24, 2.45) is 11.8 Å². The summed E-state index contributed by atoms with van der Waals surface area (Å²) in [5, 5.41) is 0. The lowest BCUT2D eigenvalue weighted by Gasteiger charge is -2.24. The first-order chi connectivity index (χ1) is 10.2. The van der Waals surface area contributed by atoms with Gasteiger partial charge in [-0.3, -0.25) is 4.79 Å². The largest absolute Gasteiger partial charge is 0.490 e. The molecule has 1 aliphatic rings. The van der Waals surface area contributed by atoms with Gasteiger partial charge >= 0.3 is 0 Å². The van der Waals surface area contributed by atoms with Crippen LogP contribution in [0.1, 0.15) is 37.0 Å². The lowest BCUT2D eigenvalue weighted by Crippen LogP contribution is -2.21. The third-order valence-corrected chi connectivity index (χ3v) is 4.00. The molecule has 0 bridgehead atoms. The molecule has 0 fully saturated rings. The van der Waals surface area contributed by atoms with Gasteiger partial charge in [0.2, 0.25) is 0 Å². The molecule has 0 amide bonds. The SMILES string of the molecule is CC(=O)c1ccccc1OCCOCC1CC=CCC1C. The minimum absolute atomic E-state index is 0.0225. The van der Waals surface area contributed by atoms with Gasteiger partial charge in [0.05, 0.1) is 18.8 Å². The molecule has 1 aliphatic carbocycles. The summed E-state index contributed by atoms with van der Waals surface area (Å²) in [6.07, 6.45) is 6.75. The maximum Gasteiger partial charge on any atom is 0.163 e. The number of benzene rings is 1. The molecule has 2 unspecified atom stereocenters. The molecule has 21 heavy (non-hydrogen) atoms. The summed E-state index contributed by atoms with van der Waals surface area (Å²) in [6.45, 7) is 5.64. The summed E-state index contributed by atoms with van der Waals surface area (Å²) in [6, 6.07) is 7.33. The second-order valence-electron chi connectivity index (χ2n) is 5.66. The highest BCUT2D eigenvalue weighted by atomic mass is 16.5. The average Bonchev–Trinajstić information content (AvgIpc) is 2.49. The second-order valence-corrected chi connectivity index (χ2v) is 5.66. The summed E-state index contributed by atoms with van der Waals surface area (Å²) < 4.78 is 11.4. The Hall–Kier alpha value is -1.61. The fourth-order valence-corrected chi connectivity index (χ4v) is 2.57. The Bertz CT molecular complexity index is 493. The Labute approximate surface area is 127 Å². The van der Waals surface area contributed by atoms with E-state index in [1.807, 2.05) is 18.2 Å². The van der Waals surface area contributed by atoms with Gasteiger partial charge in [0.25, 0.3) is 0 Å². The van der Waals surface area contributed by atoms with Crippen LogP contribution in [0.4, 0.5) is 0 Å². The van der Waals surface area contributed by atoms with E-state index in [1.54, 1.807) is 13.0 Å². The number of hydrogen-bond acceptors (Lipinski definition) is 3. The van der Waals surface area contributed by atoms with Gasteiger partial charge < -0.3 is 9.47 Å². The van der Waals surface area contributed by atoms with Crippen LogP contribution < -0.4 is 4.74 Å². The Kier molecular flexibility index (Phi) is 6.00. The predicted molar refractivity (Wildman–Crippen MR) is 83.8 cm³/mol. The Morgan fingerprint density at radius 1 is 1.19 bits per heavy atom. The van der Waals surface area contributed by atoms with Crippen molar-refractivity contribution >= 4 is 5.78 Å². The number of para-hydroxylation sites is 1. The van der Waals surface area contributed by atoms with Crippen molar-refractivity contribution < 1.29 is 14.3 Å². The standard InChI is InChI=1S/C18H24O3/c1-14-7-3-4-8-16(14)13-20-11-12-21-18-10-6-5-9-17(18)15(2)19/h3-6,9-10,14,16H,7-8,11-13H2,1-2H3. The molecule has 0 heterocycles. The topological polar surface area (TPSA) is 35.5 Å². The Balaban J connectivity index is 1.70. The van der Waals surface area contributed by atoms with E-state index in [0.29, 0.717) is 36.4 Å². The summed E-state index contributed by atoms with van der Waals surface area (Å²) in [4.78, 5) is 11.5. The zero-order valence-electron chi connectivity index (χ0n) is 12.9. The van der Waals surface area contributed by atoms with Crippen molar-refractivity contribution in [3.8, 4) is 5.75 Å². The van der Waals surface area contributed by atoms with Crippen molar-refractivity contribution in [2.45, 2.75) is 26.7 Å². The zero-order chi connectivity index (χ0) is 15.1. The van der Waals surface area contributed by atoms with E-state index in [2.05, 4.69) is 19.1 Å². The van der Waals surface area contributed by atoms with Crippen LogP contribution in [0.2, 0.25) is 0 Å². The first kappa shape index (κ1) is 15.8. The highest BCUT2D eigenvalue weighted by Crippen LogP contribution is 2.25. The number of Topliss-reactive ketones (excluding diaryl/α,β-unsaturated/α-hetero) is 1. The number of hydrogen-bond donors (Lipinski definition) is 0. The van der Waals surface area contributed by atoms with Crippen LogP contribution in [-0.2, 0) is 4.74 Å². The maximum atomic E-state index is 11.5. The summed E-state index contributed by atoms with van der Waals surface area (Å²) >= 11 is 0. The van der Waals surface area contributed by atoms with E-state index in [9.17, 15) is 4.79 Å². The molecule has 1 aromatic carbocycles. The number of ether oxygens (including phenoxy) is 2. The van der Waals surface area contributed by atoms with Crippen LogP contribution >= 0.6 is 0 Å². The van der Waals surface area contributed by atoms with Gasteiger partial charge in [-0.2, -0.15) is 0 Å². The molecule has 2 rings (SSSR count). The average molecular weight is 288 g/mol. The van der Waals surface area contributed by atoms with Crippen molar-refractivity contribution in [1.29, 1.82) is 0 Å². The molecule has 0 saturated heterocycles. The molecule has 1 aromatic rings. The molecule has 3 heteroatoms. The fraction of sp³-hybridized carbons (Fsp3) is 0.500. The van der Waals surface area contributed by atoms with Crippen molar-refractivity contribution in [3.05, 3.63) is 42.0 Å². The number of carbonyl (C=O) groups is 1. The molecule has 3 nitrogen and oxygen atoms in total. The van der Waals surface area contributed by atoms with E-state index < -0.39 is 0 Å². The number of allylic oxidation sites excluding steroid dienone is 2. The lowest BCUT2D eigenvalue weighted by molar-refractivity contribution is 0.0583. The van der Waals surface area contributed by atoms with E-state index in [0.717, 1.165) is 19.4 Å². The van der Waals surface area contributed by atoms with E-state index in [4.69, 9.17) is 9.47 Å². The van der Waals surface area contributed by atoms with Crippen LogP contribution in [0.5, 0.6) is 5.75 Å². The van der Waals surface area contributed by atoms with Crippen molar-refractivity contribution in [1.82, 2.24) is 0 Å². The molecule has 114 valence electrons. The molecule has 0 spiro atoms.